The third-order valence-electron chi connectivity index (χ3n) is 6.38. The number of para-hydroxylation sites is 2. The number of likely N-dealkylation sites (tertiary alicyclic amines) is 2. The molecule has 2 unspecified atom stereocenters. The van der Waals surface area contributed by atoms with Crippen LogP contribution < -0.4 is 10.1 Å². The molecule has 2 bridgehead atoms. The second kappa shape index (κ2) is 8.07. The molecule has 1 aromatic heterocycles. The first-order valence-corrected chi connectivity index (χ1v) is 10.7. The number of carboxylic acid groups (broad SMARTS) is 1. The number of piperazine rings is 1. The summed E-state index contributed by atoms with van der Waals surface area (Å²) in [5.41, 5.74) is 2.79. The summed E-state index contributed by atoms with van der Waals surface area (Å²) in [5.74, 6) is 1.46. The highest BCUT2D eigenvalue weighted by atomic mass is 16.5. The van der Waals surface area contributed by atoms with Gasteiger partial charge in [-0.05, 0) is 42.7 Å². The molecule has 5 rings (SSSR count). The fourth-order valence-electron chi connectivity index (χ4n) is 4.73. The van der Waals surface area contributed by atoms with Gasteiger partial charge in [0.1, 0.15) is 11.6 Å². The van der Waals surface area contributed by atoms with E-state index in [0.717, 1.165) is 22.3 Å². The molecule has 3 heterocycles. The van der Waals surface area contributed by atoms with E-state index in [1.165, 1.54) is 4.90 Å². The maximum atomic E-state index is 13.2. The molecule has 0 spiro atoms. The van der Waals surface area contributed by atoms with Crippen molar-refractivity contribution < 1.29 is 19.4 Å². The Morgan fingerprint density at radius 1 is 1.16 bits per heavy atom. The SMILES string of the molecule is COc1ccc(C[C@@H](NC(=O)N2CC3CC2CN3C(=O)O)c2nc3ccccc3[nH]2)cc1. The number of imidazole rings is 1. The van der Waals surface area contributed by atoms with Crippen molar-refractivity contribution in [2.75, 3.05) is 20.2 Å². The minimum atomic E-state index is -0.919. The first-order chi connectivity index (χ1) is 15.5. The van der Waals surface area contributed by atoms with Gasteiger partial charge in [-0.1, -0.05) is 24.3 Å². The van der Waals surface area contributed by atoms with Gasteiger partial charge in [0.25, 0.3) is 0 Å². The number of urea groups is 1. The molecule has 3 N–H and O–H groups in total. The molecule has 0 aliphatic carbocycles. The van der Waals surface area contributed by atoms with Crippen molar-refractivity contribution in [1.29, 1.82) is 0 Å². The Hall–Kier alpha value is -3.75. The van der Waals surface area contributed by atoms with E-state index >= 15 is 0 Å². The van der Waals surface area contributed by atoms with Crippen LogP contribution >= 0.6 is 0 Å². The zero-order chi connectivity index (χ0) is 22.2. The van der Waals surface area contributed by atoms with E-state index in [-0.39, 0.29) is 24.2 Å². The average molecular weight is 435 g/mol. The number of benzene rings is 2. The summed E-state index contributed by atoms with van der Waals surface area (Å²) in [6, 6.07) is 14.7. The average Bonchev–Trinajstić information content (AvgIpc) is 3.52. The molecule has 0 saturated carbocycles. The largest absolute Gasteiger partial charge is 0.497 e. The van der Waals surface area contributed by atoms with Gasteiger partial charge in [0.15, 0.2) is 0 Å². The van der Waals surface area contributed by atoms with Crippen molar-refractivity contribution in [2.24, 2.45) is 0 Å². The number of fused-ring (bicyclic) bond motifs is 3. The highest BCUT2D eigenvalue weighted by Gasteiger charge is 2.47. The molecular weight excluding hydrogens is 410 g/mol. The Morgan fingerprint density at radius 3 is 2.53 bits per heavy atom. The molecule has 166 valence electrons. The number of amides is 3. The first kappa shape index (κ1) is 20.2. The number of nitrogens with one attached hydrogen (secondary N) is 2. The van der Waals surface area contributed by atoms with Gasteiger partial charge >= 0.3 is 12.1 Å². The number of aromatic nitrogens is 2. The van der Waals surface area contributed by atoms with Crippen LogP contribution in [0.15, 0.2) is 48.5 Å². The zero-order valence-corrected chi connectivity index (χ0v) is 17.7. The van der Waals surface area contributed by atoms with Crippen molar-refractivity contribution in [1.82, 2.24) is 25.1 Å². The van der Waals surface area contributed by atoms with Crippen molar-refractivity contribution in [3.8, 4) is 5.75 Å². The topological polar surface area (TPSA) is 111 Å². The van der Waals surface area contributed by atoms with Gasteiger partial charge in [-0.3, -0.25) is 0 Å². The minimum absolute atomic E-state index is 0.0894. The quantitative estimate of drug-likeness (QED) is 0.571. The minimum Gasteiger partial charge on any atom is -0.497 e. The number of methoxy groups -OCH3 is 1. The summed E-state index contributed by atoms with van der Waals surface area (Å²) in [6.07, 6.45) is 0.323. The van der Waals surface area contributed by atoms with Crippen LogP contribution in [0.1, 0.15) is 23.9 Å². The summed E-state index contributed by atoms with van der Waals surface area (Å²) in [7, 11) is 1.63. The second-order valence-corrected chi connectivity index (χ2v) is 8.32. The number of hydrogen-bond donors (Lipinski definition) is 3. The predicted molar refractivity (Wildman–Crippen MR) is 118 cm³/mol. The summed E-state index contributed by atoms with van der Waals surface area (Å²) in [4.78, 5) is 35.8. The van der Waals surface area contributed by atoms with Gasteiger partial charge in [0, 0.05) is 13.1 Å². The molecule has 3 amide bonds. The van der Waals surface area contributed by atoms with Crippen molar-refractivity contribution >= 4 is 23.2 Å². The van der Waals surface area contributed by atoms with E-state index in [1.54, 1.807) is 12.0 Å². The molecule has 3 atom stereocenters. The van der Waals surface area contributed by atoms with Crippen LogP contribution in [0.3, 0.4) is 0 Å². The van der Waals surface area contributed by atoms with Crippen molar-refractivity contribution in [3.05, 3.63) is 59.9 Å². The predicted octanol–water partition coefficient (Wildman–Crippen LogP) is 3.00. The van der Waals surface area contributed by atoms with Crippen LogP contribution in [0.25, 0.3) is 11.0 Å². The van der Waals surface area contributed by atoms with Crippen molar-refractivity contribution in [2.45, 2.75) is 31.0 Å². The van der Waals surface area contributed by atoms with Crippen LogP contribution in [0.2, 0.25) is 0 Å². The lowest BCUT2D eigenvalue weighted by Crippen LogP contribution is -2.53. The summed E-state index contributed by atoms with van der Waals surface area (Å²) in [6.45, 7) is 0.777. The molecule has 9 nitrogen and oxygen atoms in total. The monoisotopic (exact) mass is 435 g/mol. The number of H-pyrrole nitrogens is 1. The van der Waals surface area contributed by atoms with Gasteiger partial charge in [-0.15, -0.1) is 0 Å². The van der Waals surface area contributed by atoms with Crippen molar-refractivity contribution in [3.63, 3.8) is 0 Å². The summed E-state index contributed by atoms with van der Waals surface area (Å²) >= 11 is 0. The zero-order valence-electron chi connectivity index (χ0n) is 17.7. The maximum absolute atomic E-state index is 13.2. The summed E-state index contributed by atoms with van der Waals surface area (Å²) < 4.78 is 5.24. The fourth-order valence-corrected chi connectivity index (χ4v) is 4.73. The van der Waals surface area contributed by atoms with E-state index in [9.17, 15) is 14.7 Å². The molecule has 2 fully saturated rings. The lowest BCUT2D eigenvalue weighted by molar-refractivity contribution is 0.108. The normalized spacial score (nSPS) is 20.5. The highest BCUT2D eigenvalue weighted by Crippen LogP contribution is 2.31. The van der Waals surface area contributed by atoms with Crippen LogP contribution in [-0.2, 0) is 6.42 Å². The Labute approximate surface area is 185 Å². The second-order valence-electron chi connectivity index (χ2n) is 8.32. The van der Waals surface area contributed by atoms with Gasteiger partial charge in [-0.2, -0.15) is 0 Å². The number of aromatic amines is 1. The van der Waals surface area contributed by atoms with Gasteiger partial charge < -0.3 is 29.9 Å². The third kappa shape index (κ3) is 3.70. The lowest BCUT2D eigenvalue weighted by atomic mass is 10.1. The maximum Gasteiger partial charge on any atom is 0.407 e. The Bertz CT molecular complexity index is 1110. The number of carbonyl (C=O) groups is 2. The number of ether oxygens (including phenoxy) is 1. The highest BCUT2D eigenvalue weighted by molar-refractivity contribution is 5.78. The third-order valence-corrected chi connectivity index (χ3v) is 6.38. The Kier molecular flexibility index (Phi) is 5.08. The van der Waals surface area contributed by atoms with Crippen LogP contribution in [0, 0.1) is 0 Å². The van der Waals surface area contributed by atoms with E-state index in [0.29, 0.717) is 31.8 Å². The van der Waals surface area contributed by atoms with Crippen LogP contribution in [0.4, 0.5) is 9.59 Å². The molecule has 2 aliphatic rings. The van der Waals surface area contributed by atoms with Crippen LogP contribution in [0.5, 0.6) is 5.75 Å². The van der Waals surface area contributed by atoms with E-state index < -0.39 is 6.09 Å². The molecule has 9 heteroatoms. The molecule has 0 radical (unpaired) electrons. The molecule has 2 aromatic carbocycles. The summed E-state index contributed by atoms with van der Waals surface area (Å²) in [5, 5.41) is 12.4. The molecule has 2 saturated heterocycles. The van der Waals surface area contributed by atoms with E-state index in [2.05, 4.69) is 10.3 Å². The standard InChI is InChI=1S/C23H25N5O4/c1-32-17-8-6-14(7-9-17)10-20(21-24-18-4-2-3-5-19(18)25-21)26-22(29)27-12-16-11-15(27)13-28(16)23(30)31/h2-9,15-16,20H,10-13H2,1H3,(H,24,25)(H,26,29)(H,30,31)/t15?,16?,20-/m1/s1. The molecule has 32 heavy (non-hydrogen) atoms. The van der Waals surface area contributed by atoms with Gasteiger partial charge in [0.05, 0.1) is 36.3 Å². The smallest absolute Gasteiger partial charge is 0.407 e. The van der Waals surface area contributed by atoms with E-state index in [1.807, 2.05) is 48.5 Å². The number of hydrogen-bond acceptors (Lipinski definition) is 4. The number of rotatable bonds is 5. The van der Waals surface area contributed by atoms with Crippen LogP contribution in [-0.4, -0.2) is 69.3 Å². The number of nitrogens with zero attached hydrogens (tertiary/aromatic N) is 3. The fraction of sp³-hybridized carbons (Fsp3) is 0.348. The molecular formula is C23H25N5O4. The molecule has 3 aromatic rings. The van der Waals surface area contributed by atoms with Gasteiger partial charge in [0.2, 0.25) is 0 Å². The molecule has 2 aliphatic heterocycles. The Balaban J connectivity index is 1.37. The van der Waals surface area contributed by atoms with E-state index in [4.69, 9.17) is 9.72 Å². The first-order valence-electron chi connectivity index (χ1n) is 10.7. The lowest BCUT2D eigenvalue weighted by Gasteiger charge is -2.33. The number of carbonyl (C=O) groups excluding carboxylic acids is 1. The Morgan fingerprint density at radius 2 is 1.88 bits per heavy atom. The van der Waals surface area contributed by atoms with Gasteiger partial charge in [-0.25, -0.2) is 14.6 Å².